The second kappa shape index (κ2) is 6.39. The van der Waals surface area contributed by atoms with Crippen LogP contribution in [0.4, 0.5) is 5.69 Å². The molecule has 1 unspecified atom stereocenters. The molecule has 1 fully saturated rings. The number of aliphatic hydroxyl groups excluding tert-OH is 1. The van der Waals surface area contributed by atoms with Crippen molar-refractivity contribution in [2.24, 2.45) is 11.8 Å². The van der Waals surface area contributed by atoms with E-state index in [1.54, 1.807) is 12.3 Å². The predicted octanol–water partition coefficient (Wildman–Crippen LogP) is 1.50. The van der Waals surface area contributed by atoms with Crippen molar-refractivity contribution in [1.29, 1.82) is 0 Å². The van der Waals surface area contributed by atoms with Gasteiger partial charge in [0.2, 0.25) is 0 Å². The van der Waals surface area contributed by atoms with E-state index >= 15 is 0 Å². The van der Waals surface area contributed by atoms with Crippen molar-refractivity contribution < 1.29 is 5.11 Å². The molecule has 0 aliphatic carbocycles. The van der Waals surface area contributed by atoms with Crippen LogP contribution in [0.3, 0.4) is 0 Å². The molecule has 112 valence electrons. The fraction of sp³-hybridized carbons (Fsp3) is 0.733. The first-order chi connectivity index (χ1) is 9.47. The van der Waals surface area contributed by atoms with Crippen molar-refractivity contribution in [3.05, 3.63) is 22.6 Å². The minimum Gasteiger partial charge on any atom is -0.391 e. The highest BCUT2D eigenvalue weighted by atomic mass is 16.3. The topological polar surface area (TPSA) is 58.4 Å². The van der Waals surface area contributed by atoms with Gasteiger partial charge in [0.1, 0.15) is 0 Å². The minimum absolute atomic E-state index is 0.118. The first-order valence-corrected chi connectivity index (χ1v) is 7.47. The number of rotatable bonds is 4. The maximum atomic E-state index is 12.1. The molecule has 0 saturated carbocycles. The first-order valence-electron chi connectivity index (χ1n) is 7.47. The molecule has 5 nitrogen and oxygen atoms in total. The van der Waals surface area contributed by atoms with E-state index in [1.807, 2.05) is 13.8 Å². The predicted molar refractivity (Wildman–Crippen MR) is 80.0 cm³/mol. The highest BCUT2D eigenvalue weighted by molar-refractivity contribution is 5.43. The molecule has 1 atom stereocenters. The summed E-state index contributed by atoms with van der Waals surface area (Å²) in [4.78, 5) is 14.3. The van der Waals surface area contributed by atoms with Gasteiger partial charge in [-0.2, -0.15) is 5.10 Å². The summed E-state index contributed by atoms with van der Waals surface area (Å²) >= 11 is 0. The molecular weight excluding hydrogens is 254 g/mol. The van der Waals surface area contributed by atoms with E-state index < -0.39 is 6.10 Å². The number of piperidine rings is 1. The second-order valence-electron chi connectivity index (χ2n) is 6.22. The van der Waals surface area contributed by atoms with Crippen LogP contribution in [0, 0.1) is 11.8 Å². The van der Waals surface area contributed by atoms with E-state index in [4.69, 9.17) is 0 Å². The average Bonchev–Trinajstić information content (AvgIpc) is 2.41. The van der Waals surface area contributed by atoms with Crippen LogP contribution in [0.2, 0.25) is 0 Å². The van der Waals surface area contributed by atoms with E-state index in [0.717, 1.165) is 37.5 Å². The minimum atomic E-state index is -0.540. The van der Waals surface area contributed by atoms with Gasteiger partial charge >= 0.3 is 0 Å². The molecule has 2 heterocycles. The summed E-state index contributed by atoms with van der Waals surface area (Å²) in [6.45, 7) is 8.36. The third-order valence-corrected chi connectivity index (χ3v) is 4.13. The maximum absolute atomic E-state index is 12.1. The first kappa shape index (κ1) is 15.0. The van der Waals surface area contributed by atoms with Gasteiger partial charge in [0.15, 0.2) is 0 Å². The number of aromatic nitrogens is 2. The molecule has 0 amide bonds. The molecule has 5 heteroatoms. The van der Waals surface area contributed by atoms with Crippen molar-refractivity contribution in [3.63, 3.8) is 0 Å². The lowest BCUT2D eigenvalue weighted by Crippen LogP contribution is -2.35. The van der Waals surface area contributed by atoms with Gasteiger partial charge in [-0.05, 0) is 24.7 Å². The summed E-state index contributed by atoms with van der Waals surface area (Å²) in [6, 6.07) is 1.63. The largest absolute Gasteiger partial charge is 0.391 e. The van der Waals surface area contributed by atoms with Crippen LogP contribution >= 0.6 is 0 Å². The monoisotopic (exact) mass is 279 g/mol. The Morgan fingerprint density at radius 1 is 1.40 bits per heavy atom. The molecule has 0 spiro atoms. The van der Waals surface area contributed by atoms with Gasteiger partial charge in [-0.25, -0.2) is 4.68 Å². The van der Waals surface area contributed by atoms with Crippen LogP contribution in [-0.2, 0) is 6.54 Å². The molecule has 1 aromatic rings. The Bertz CT molecular complexity index is 490. The number of anilines is 1. The zero-order valence-electron chi connectivity index (χ0n) is 12.6. The van der Waals surface area contributed by atoms with Gasteiger partial charge in [-0.3, -0.25) is 4.79 Å². The van der Waals surface area contributed by atoms with Crippen molar-refractivity contribution >= 4 is 5.69 Å². The Labute approximate surface area is 120 Å². The molecule has 2 rings (SSSR count). The zero-order valence-corrected chi connectivity index (χ0v) is 12.6. The Kier molecular flexibility index (Phi) is 4.81. The average molecular weight is 279 g/mol. The molecule has 1 N–H and O–H groups in total. The van der Waals surface area contributed by atoms with Gasteiger partial charge in [0, 0.05) is 19.2 Å². The third kappa shape index (κ3) is 3.60. The van der Waals surface area contributed by atoms with E-state index in [2.05, 4.69) is 16.9 Å². The number of hydrogen-bond acceptors (Lipinski definition) is 4. The summed E-state index contributed by atoms with van der Waals surface area (Å²) in [5, 5.41) is 14.0. The van der Waals surface area contributed by atoms with Crippen molar-refractivity contribution in [2.45, 2.75) is 46.3 Å². The summed E-state index contributed by atoms with van der Waals surface area (Å²) in [7, 11) is 0. The van der Waals surface area contributed by atoms with Gasteiger partial charge < -0.3 is 10.0 Å². The van der Waals surface area contributed by atoms with E-state index in [-0.39, 0.29) is 18.0 Å². The van der Waals surface area contributed by atoms with E-state index in [1.165, 1.54) is 4.68 Å². The number of nitrogens with zero attached hydrogens (tertiary/aromatic N) is 3. The molecule has 1 aromatic heterocycles. The highest BCUT2D eigenvalue weighted by Gasteiger charge is 2.17. The smallest absolute Gasteiger partial charge is 0.268 e. The Hall–Kier alpha value is -1.36. The Morgan fingerprint density at radius 3 is 2.60 bits per heavy atom. The maximum Gasteiger partial charge on any atom is 0.268 e. The van der Waals surface area contributed by atoms with Gasteiger partial charge in [0.25, 0.3) is 5.56 Å². The van der Waals surface area contributed by atoms with Crippen molar-refractivity contribution in [2.75, 3.05) is 18.0 Å². The zero-order chi connectivity index (χ0) is 14.7. The summed E-state index contributed by atoms with van der Waals surface area (Å²) in [6.07, 6.45) is 3.52. The quantitative estimate of drug-likeness (QED) is 0.907. The molecule has 0 bridgehead atoms. The summed E-state index contributed by atoms with van der Waals surface area (Å²) < 4.78 is 1.35. The van der Waals surface area contributed by atoms with Crippen molar-refractivity contribution in [1.82, 2.24) is 9.78 Å². The summed E-state index contributed by atoms with van der Waals surface area (Å²) in [5.41, 5.74) is 0.762. The summed E-state index contributed by atoms with van der Waals surface area (Å²) in [5.74, 6) is 0.882. The standard InChI is InChI=1S/C15H25N3O2/c1-11(2)14(19)10-18-15(20)8-13(9-16-18)17-6-4-12(3)5-7-17/h8-9,11-12,14,19H,4-7,10H2,1-3H3. The van der Waals surface area contributed by atoms with Crippen LogP contribution in [0.25, 0.3) is 0 Å². The van der Waals surface area contributed by atoms with E-state index in [9.17, 15) is 9.90 Å². The third-order valence-electron chi connectivity index (χ3n) is 4.13. The highest BCUT2D eigenvalue weighted by Crippen LogP contribution is 2.21. The fourth-order valence-electron chi connectivity index (χ4n) is 2.39. The lowest BCUT2D eigenvalue weighted by atomic mass is 9.99. The Morgan fingerprint density at radius 2 is 2.05 bits per heavy atom. The Balaban J connectivity index is 2.08. The number of hydrogen-bond donors (Lipinski definition) is 1. The molecule has 0 radical (unpaired) electrons. The lowest BCUT2D eigenvalue weighted by Gasteiger charge is -2.31. The van der Waals surface area contributed by atoms with Gasteiger partial charge in [-0.15, -0.1) is 0 Å². The fourth-order valence-corrected chi connectivity index (χ4v) is 2.39. The van der Waals surface area contributed by atoms with E-state index in [0.29, 0.717) is 0 Å². The van der Waals surface area contributed by atoms with Crippen LogP contribution in [0.5, 0.6) is 0 Å². The molecule has 0 aromatic carbocycles. The van der Waals surface area contributed by atoms with Crippen LogP contribution in [0.1, 0.15) is 33.6 Å². The normalized spacial score (nSPS) is 18.6. The second-order valence-corrected chi connectivity index (χ2v) is 6.22. The SMILES string of the molecule is CC1CCN(c2cnn(CC(O)C(C)C)c(=O)c2)CC1. The molecular formula is C15H25N3O2. The molecule has 1 aliphatic rings. The number of aliphatic hydroxyl groups is 1. The molecule has 1 aliphatic heterocycles. The van der Waals surface area contributed by atoms with Gasteiger partial charge in [0.05, 0.1) is 24.5 Å². The van der Waals surface area contributed by atoms with Crippen LogP contribution < -0.4 is 10.5 Å². The van der Waals surface area contributed by atoms with Crippen LogP contribution in [-0.4, -0.2) is 34.1 Å². The molecule has 20 heavy (non-hydrogen) atoms. The van der Waals surface area contributed by atoms with Crippen molar-refractivity contribution in [3.8, 4) is 0 Å². The van der Waals surface area contributed by atoms with Gasteiger partial charge in [-0.1, -0.05) is 20.8 Å². The van der Waals surface area contributed by atoms with Crippen LogP contribution in [0.15, 0.2) is 17.1 Å². The molecule has 1 saturated heterocycles. The lowest BCUT2D eigenvalue weighted by molar-refractivity contribution is 0.101.